The molecule has 0 saturated carbocycles. The van der Waals surface area contributed by atoms with Gasteiger partial charge in [-0.3, -0.25) is 10.1 Å². The minimum absolute atomic E-state index is 0.176. The molecule has 20 heavy (non-hydrogen) atoms. The van der Waals surface area contributed by atoms with Gasteiger partial charge in [-0.15, -0.1) is 5.10 Å². The minimum atomic E-state index is -0.293. The normalized spacial score (nSPS) is 10.3. The van der Waals surface area contributed by atoms with Gasteiger partial charge >= 0.3 is 0 Å². The van der Waals surface area contributed by atoms with Crippen LogP contribution in [0.15, 0.2) is 24.3 Å². The lowest BCUT2D eigenvalue weighted by molar-refractivity contribution is 0.102. The van der Waals surface area contributed by atoms with Crippen molar-refractivity contribution in [2.75, 3.05) is 11.9 Å². The number of nitrogens with one attached hydrogen (secondary N) is 1. The number of hydrogen-bond donors (Lipinski definition) is 1. The van der Waals surface area contributed by atoms with Gasteiger partial charge in [0.2, 0.25) is 0 Å². The van der Waals surface area contributed by atoms with E-state index in [2.05, 4.69) is 27.7 Å². The molecule has 0 bridgehead atoms. The fraction of sp³-hybridized carbons (Fsp3) is 0.385. The number of carbonyl (C=O) groups excluding carboxylic acids is 1. The van der Waals surface area contributed by atoms with Gasteiger partial charge in [0, 0.05) is 5.56 Å². The summed E-state index contributed by atoms with van der Waals surface area (Å²) in [6.07, 6.45) is 2.05. The number of rotatable bonds is 6. The van der Waals surface area contributed by atoms with Crippen molar-refractivity contribution in [2.45, 2.75) is 19.8 Å². The van der Waals surface area contributed by atoms with Crippen molar-refractivity contribution in [3.8, 4) is 5.75 Å². The maximum absolute atomic E-state index is 12.0. The van der Waals surface area contributed by atoms with Crippen LogP contribution in [-0.2, 0) is 7.05 Å². The first-order valence-electron chi connectivity index (χ1n) is 6.47. The molecule has 0 atom stereocenters. The molecule has 7 heteroatoms. The molecule has 0 unspecified atom stereocenters. The molecule has 1 aromatic heterocycles. The Balaban J connectivity index is 2.00. The van der Waals surface area contributed by atoms with E-state index in [0.717, 1.165) is 12.8 Å². The van der Waals surface area contributed by atoms with Crippen molar-refractivity contribution in [1.82, 2.24) is 20.2 Å². The molecule has 7 nitrogen and oxygen atoms in total. The molecule has 0 aliphatic rings. The molecule has 1 heterocycles. The van der Waals surface area contributed by atoms with Gasteiger partial charge in [-0.25, -0.2) is 0 Å². The summed E-state index contributed by atoms with van der Waals surface area (Å²) in [7, 11) is 1.63. The Labute approximate surface area is 116 Å². The van der Waals surface area contributed by atoms with Crippen molar-refractivity contribution in [3.05, 3.63) is 29.8 Å². The number of ether oxygens (including phenoxy) is 1. The number of hydrogen-bond acceptors (Lipinski definition) is 5. The second-order valence-corrected chi connectivity index (χ2v) is 4.29. The lowest BCUT2D eigenvalue weighted by atomic mass is 10.2. The second kappa shape index (κ2) is 6.65. The largest absolute Gasteiger partial charge is 0.494 e. The van der Waals surface area contributed by atoms with Gasteiger partial charge < -0.3 is 4.74 Å². The number of amides is 1. The average Bonchev–Trinajstić information content (AvgIpc) is 2.85. The molecule has 2 aromatic rings. The van der Waals surface area contributed by atoms with E-state index in [-0.39, 0.29) is 11.9 Å². The predicted octanol–water partition coefficient (Wildman–Crippen LogP) is 1.64. The summed E-state index contributed by atoms with van der Waals surface area (Å²) < 4.78 is 5.56. The molecule has 0 aliphatic heterocycles. The SMILES string of the molecule is CCCCOc1cccc(C(=O)Nc2nnn(C)n2)c1. The number of unbranched alkanes of at least 4 members (excludes halogenated alkanes) is 1. The molecule has 2 rings (SSSR count). The summed E-state index contributed by atoms with van der Waals surface area (Å²) in [5, 5.41) is 13.8. The van der Waals surface area contributed by atoms with Crippen LogP contribution in [0.4, 0.5) is 5.95 Å². The fourth-order valence-electron chi connectivity index (χ4n) is 1.57. The van der Waals surface area contributed by atoms with E-state index >= 15 is 0 Å². The van der Waals surface area contributed by atoms with Crippen molar-refractivity contribution >= 4 is 11.9 Å². The number of nitrogens with zero attached hydrogens (tertiary/aromatic N) is 4. The molecule has 1 aromatic carbocycles. The summed E-state index contributed by atoms with van der Waals surface area (Å²) >= 11 is 0. The molecule has 106 valence electrons. The van der Waals surface area contributed by atoms with E-state index in [4.69, 9.17) is 4.74 Å². The standard InChI is InChI=1S/C13H17N5O2/c1-3-4-8-20-11-7-5-6-10(9-11)12(19)14-13-15-17-18(2)16-13/h5-7,9H,3-4,8H2,1-2H3,(H,14,16,19). The quantitative estimate of drug-likeness (QED) is 0.810. The van der Waals surface area contributed by atoms with Gasteiger partial charge in [0.15, 0.2) is 0 Å². The highest BCUT2D eigenvalue weighted by atomic mass is 16.5. The molecule has 1 N–H and O–H groups in total. The Morgan fingerprint density at radius 3 is 3.00 bits per heavy atom. The summed E-state index contributed by atoms with van der Waals surface area (Å²) in [4.78, 5) is 13.3. The number of tetrazole rings is 1. The third kappa shape index (κ3) is 3.78. The zero-order chi connectivity index (χ0) is 14.4. The summed E-state index contributed by atoms with van der Waals surface area (Å²) in [5.74, 6) is 0.562. The number of benzene rings is 1. The van der Waals surface area contributed by atoms with E-state index in [1.807, 2.05) is 6.07 Å². The van der Waals surface area contributed by atoms with Gasteiger partial charge in [-0.2, -0.15) is 4.80 Å². The van der Waals surface area contributed by atoms with Crippen LogP contribution in [0.2, 0.25) is 0 Å². The van der Waals surface area contributed by atoms with Crippen LogP contribution in [0.25, 0.3) is 0 Å². The molecule has 0 saturated heterocycles. The molecule has 0 aliphatic carbocycles. The van der Waals surface area contributed by atoms with Gasteiger partial charge in [-0.05, 0) is 29.8 Å². The minimum Gasteiger partial charge on any atom is -0.494 e. The van der Waals surface area contributed by atoms with Crippen LogP contribution in [0.3, 0.4) is 0 Å². The highest BCUT2D eigenvalue weighted by Crippen LogP contribution is 2.14. The second-order valence-electron chi connectivity index (χ2n) is 4.29. The highest BCUT2D eigenvalue weighted by Gasteiger charge is 2.10. The molecule has 1 amide bonds. The van der Waals surface area contributed by atoms with Gasteiger partial charge in [0.1, 0.15) is 5.75 Å². The first kappa shape index (κ1) is 14.0. The smallest absolute Gasteiger partial charge is 0.270 e. The van der Waals surface area contributed by atoms with E-state index in [0.29, 0.717) is 17.9 Å². The highest BCUT2D eigenvalue weighted by molar-refractivity contribution is 6.03. The van der Waals surface area contributed by atoms with Crippen molar-refractivity contribution < 1.29 is 9.53 Å². The van der Waals surface area contributed by atoms with Gasteiger partial charge in [-0.1, -0.05) is 24.5 Å². The Kier molecular flexibility index (Phi) is 4.65. The third-order valence-corrected chi connectivity index (χ3v) is 2.60. The summed E-state index contributed by atoms with van der Waals surface area (Å²) in [5.41, 5.74) is 0.492. The first-order chi connectivity index (χ1) is 9.69. The molecule has 0 radical (unpaired) electrons. The topological polar surface area (TPSA) is 81.9 Å². The van der Waals surface area contributed by atoms with Crippen LogP contribution >= 0.6 is 0 Å². The molecule has 0 spiro atoms. The van der Waals surface area contributed by atoms with Crippen LogP contribution in [-0.4, -0.2) is 32.7 Å². The molecular formula is C13H17N5O2. The zero-order valence-electron chi connectivity index (χ0n) is 11.5. The van der Waals surface area contributed by atoms with E-state index < -0.39 is 0 Å². The maximum atomic E-state index is 12.0. The van der Waals surface area contributed by atoms with E-state index in [1.165, 1.54) is 4.80 Å². The van der Waals surface area contributed by atoms with E-state index in [9.17, 15) is 4.79 Å². The van der Waals surface area contributed by atoms with E-state index in [1.54, 1.807) is 25.2 Å². The Morgan fingerprint density at radius 2 is 2.30 bits per heavy atom. The Bertz CT molecular complexity index is 582. The zero-order valence-corrected chi connectivity index (χ0v) is 11.5. The number of carbonyl (C=O) groups is 1. The average molecular weight is 275 g/mol. The predicted molar refractivity (Wildman–Crippen MR) is 73.6 cm³/mol. The first-order valence-corrected chi connectivity index (χ1v) is 6.47. The molecular weight excluding hydrogens is 258 g/mol. The lowest BCUT2D eigenvalue weighted by Crippen LogP contribution is -2.13. The number of aromatic nitrogens is 4. The van der Waals surface area contributed by atoms with Crippen molar-refractivity contribution in [2.24, 2.45) is 7.05 Å². The third-order valence-electron chi connectivity index (χ3n) is 2.60. The lowest BCUT2D eigenvalue weighted by Gasteiger charge is -2.07. The van der Waals surface area contributed by atoms with Crippen molar-refractivity contribution in [1.29, 1.82) is 0 Å². The van der Waals surface area contributed by atoms with Crippen LogP contribution in [0.5, 0.6) is 5.75 Å². The molecule has 0 fully saturated rings. The number of anilines is 1. The van der Waals surface area contributed by atoms with Crippen LogP contribution < -0.4 is 10.1 Å². The van der Waals surface area contributed by atoms with Gasteiger partial charge in [0.25, 0.3) is 11.9 Å². The van der Waals surface area contributed by atoms with Gasteiger partial charge in [0.05, 0.1) is 13.7 Å². The monoisotopic (exact) mass is 275 g/mol. The van der Waals surface area contributed by atoms with Crippen LogP contribution in [0, 0.1) is 0 Å². The Hall–Kier alpha value is -2.44. The maximum Gasteiger partial charge on any atom is 0.270 e. The van der Waals surface area contributed by atoms with Crippen molar-refractivity contribution in [3.63, 3.8) is 0 Å². The number of aryl methyl sites for hydroxylation is 1. The summed E-state index contributed by atoms with van der Waals surface area (Å²) in [6.45, 7) is 2.74. The Morgan fingerprint density at radius 1 is 1.45 bits per heavy atom. The summed E-state index contributed by atoms with van der Waals surface area (Å²) in [6, 6.07) is 7.01. The fourth-order valence-corrected chi connectivity index (χ4v) is 1.57. The van der Waals surface area contributed by atoms with Crippen LogP contribution in [0.1, 0.15) is 30.1 Å².